The molecule has 0 spiro atoms. The molecule has 0 atom stereocenters. The maximum Gasteiger partial charge on any atom is 0.0159 e. The predicted octanol–water partition coefficient (Wildman–Crippen LogP) is 19.0. The van der Waals surface area contributed by atoms with Crippen LogP contribution < -0.4 is 0 Å². The molecule has 0 heteroatoms. The molecule has 0 bridgehead atoms. The number of allylic oxidation sites excluding steroid dienone is 9. The maximum absolute atomic E-state index is 4.11. The van der Waals surface area contributed by atoms with E-state index in [2.05, 4.69) is 216 Å². The highest BCUT2D eigenvalue weighted by atomic mass is 14.4. The van der Waals surface area contributed by atoms with Crippen molar-refractivity contribution in [1.29, 1.82) is 0 Å². The molecule has 0 radical (unpaired) electrons. The van der Waals surface area contributed by atoms with Crippen LogP contribution >= 0.6 is 0 Å². The second-order valence-corrected chi connectivity index (χ2v) is 19.1. The number of hydrogen-bond acceptors (Lipinski definition) is 0. The quantitative estimate of drug-likeness (QED) is 0.133. The molecule has 0 nitrogen and oxygen atoms in total. The minimum absolute atomic E-state index is 0.0121. The lowest BCUT2D eigenvalue weighted by atomic mass is 9.80. The fourth-order valence-corrected chi connectivity index (χ4v) is 9.58. The highest BCUT2D eigenvalue weighted by molar-refractivity contribution is 6.04. The van der Waals surface area contributed by atoms with E-state index in [-0.39, 0.29) is 5.41 Å². The fraction of sp³-hybridized carbons (Fsp3) is 0.254. The van der Waals surface area contributed by atoms with Gasteiger partial charge in [0.25, 0.3) is 0 Å². The lowest BCUT2D eigenvalue weighted by Gasteiger charge is -2.23. The van der Waals surface area contributed by atoms with Crippen molar-refractivity contribution in [2.45, 2.75) is 114 Å². The standard InChI is InChI=1S/C38H40.C15H18.2C7H8/c1-8-13-28(10-3)31(14-9-2)30-20-18-27(22-26(30)5)23-29-24-36-37(33-16-12-11-15-32(29)33)34-19-17-25(4)21-35(34)38(36,6)7;1-11-9-13(3)15(10-12(11)2)14-7-5-4-6-8-14;2*1-7-5-3-2-4-6-7/h9-12,14-22,24H,3,8,13,23H2,1-2,4-7H3;5,7-10H,4,6H2,1-3H3;2*2-6H,1H3/b14-9-,31-28+;;;. The third-order valence-electron chi connectivity index (χ3n) is 13.4. The first-order valence-corrected chi connectivity index (χ1v) is 24.5. The normalized spacial score (nSPS) is 13.4. The lowest BCUT2D eigenvalue weighted by molar-refractivity contribution is 0.659. The molecule has 2 aliphatic carbocycles. The van der Waals surface area contributed by atoms with E-state index < -0.39 is 0 Å². The van der Waals surface area contributed by atoms with Gasteiger partial charge in [-0.25, -0.2) is 0 Å². The summed E-state index contributed by atoms with van der Waals surface area (Å²) in [6, 6.07) is 50.6. The van der Waals surface area contributed by atoms with Crippen LogP contribution in [0.2, 0.25) is 0 Å². The highest BCUT2D eigenvalue weighted by Gasteiger charge is 2.37. The Morgan fingerprint density at radius 2 is 1.24 bits per heavy atom. The van der Waals surface area contributed by atoms with Crippen LogP contribution in [0.3, 0.4) is 0 Å². The Balaban J connectivity index is 0.000000205. The first kappa shape index (κ1) is 49.9. The number of aryl methyl sites for hydroxylation is 7. The van der Waals surface area contributed by atoms with E-state index in [1.54, 1.807) is 0 Å². The third kappa shape index (κ3) is 12.3. The maximum atomic E-state index is 4.11. The molecule has 2 aliphatic rings. The summed E-state index contributed by atoms with van der Waals surface area (Å²) in [5.41, 5.74) is 24.6. The smallest absolute Gasteiger partial charge is 0.0159 e. The minimum Gasteiger partial charge on any atom is -0.0988 e. The van der Waals surface area contributed by atoms with Crippen molar-refractivity contribution >= 4 is 21.9 Å². The van der Waals surface area contributed by atoms with Crippen molar-refractivity contribution in [2.75, 3.05) is 0 Å². The molecule has 342 valence electrons. The van der Waals surface area contributed by atoms with Gasteiger partial charge in [-0.15, -0.1) is 0 Å². The molecule has 67 heavy (non-hydrogen) atoms. The van der Waals surface area contributed by atoms with Crippen LogP contribution in [0.25, 0.3) is 33.0 Å². The summed E-state index contributed by atoms with van der Waals surface area (Å²) in [6.45, 7) is 28.4. The van der Waals surface area contributed by atoms with Crippen LogP contribution in [0.5, 0.6) is 0 Å². The van der Waals surface area contributed by atoms with Gasteiger partial charge in [0.2, 0.25) is 0 Å². The van der Waals surface area contributed by atoms with Crippen molar-refractivity contribution in [3.63, 3.8) is 0 Å². The van der Waals surface area contributed by atoms with E-state index in [9.17, 15) is 0 Å². The molecule has 0 saturated heterocycles. The fourth-order valence-electron chi connectivity index (χ4n) is 9.58. The zero-order valence-corrected chi connectivity index (χ0v) is 42.5. The molecule has 0 saturated carbocycles. The van der Waals surface area contributed by atoms with Crippen molar-refractivity contribution in [1.82, 2.24) is 0 Å². The molecular formula is C67H74. The van der Waals surface area contributed by atoms with Crippen molar-refractivity contribution in [3.05, 3.63) is 260 Å². The number of hydrogen-bond donors (Lipinski definition) is 0. The van der Waals surface area contributed by atoms with Crippen LogP contribution in [0.4, 0.5) is 0 Å². The zero-order chi connectivity index (χ0) is 48.1. The van der Waals surface area contributed by atoms with Gasteiger partial charge in [0.15, 0.2) is 0 Å². The molecular weight excluding hydrogens is 805 g/mol. The number of rotatable bonds is 8. The Kier molecular flexibility index (Phi) is 17.4. The third-order valence-corrected chi connectivity index (χ3v) is 13.4. The van der Waals surface area contributed by atoms with Crippen molar-refractivity contribution < 1.29 is 0 Å². The summed E-state index contributed by atoms with van der Waals surface area (Å²) in [6.07, 6.45) is 18.7. The largest absolute Gasteiger partial charge is 0.0988 e. The van der Waals surface area contributed by atoms with Crippen LogP contribution in [-0.2, 0) is 11.8 Å². The average Bonchev–Trinajstić information content (AvgIpc) is 3.55. The van der Waals surface area contributed by atoms with Gasteiger partial charge in [-0.05, 0) is 175 Å². The van der Waals surface area contributed by atoms with E-state index in [1.165, 1.54) is 124 Å². The molecule has 0 unspecified atom stereocenters. The molecule has 0 fully saturated rings. The molecule has 0 heterocycles. The van der Waals surface area contributed by atoms with Gasteiger partial charge in [-0.1, -0.05) is 226 Å². The van der Waals surface area contributed by atoms with E-state index >= 15 is 0 Å². The Morgan fingerprint density at radius 1 is 0.597 bits per heavy atom. The first-order valence-electron chi connectivity index (χ1n) is 24.5. The van der Waals surface area contributed by atoms with Crippen LogP contribution in [0, 0.1) is 48.5 Å². The van der Waals surface area contributed by atoms with Crippen LogP contribution in [0.1, 0.15) is 126 Å². The Hall–Kier alpha value is -6.50. The molecule has 7 aromatic carbocycles. The lowest BCUT2D eigenvalue weighted by Crippen LogP contribution is -2.15. The van der Waals surface area contributed by atoms with E-state index in [1.807, 2.05) is 42.5 Å². The zero-order valence-electron chi connectivity index (χ0n) is 42.5. The van der Waals surface area contributed by atoms with Gasteiger partial charge >= 0.3 is 0 Å². The van der Waals surface area contributed by atoms with Gasteiger partial charge < -0.3 is 0 Å². The van der Waals surface area contributed by atoms with Gasteiger partial charge in [-0.2, -0.15) is 0 Å². The second kappa shape index (κ2) is 23.3. The van der Waals surface area contributed by atoms with Crippen LogP contribution in [-0.4, -0.2) is 0 Å². The van der Waals surface area contributed by atoms with Crippen molar-refractivity contribution in [2.24, 2.45) is 0 Å². The summed E-state index contributed by atoms with van der Waals surface area (Å²) in [4.78, 5) is 0. The molecule has 0 amide bonds. The van der Waals surface area contributed by atoms with E-state index in [4.69, 9.17) is 0 Å². The Bertz CT molecular complexity index is 2890. The van der Waals surface area contributed by atoms with E-state index in [0.717, 1.165) is 19.3 Å². The highest BCUT2D eigenvalue weighted by Crippen LogP contribution is 2.52. The Morgan fingerprint density at radius 3 is 1.81 bits per heavy atom. The van der Waals surface area contributed by atoms with Gasteiger partial charge in [0, 0.05) is 5.41 Å². The Labute approximate surface area is 405 Å². The molecule has 0 aliphatic heterocycles. The van der Waals surface area contributed by atoms with Crippen LogP contribution in [0.15, 0.2) is 188 Å². The summed E-state index contributed by atoms with van der Waals surface area (Å²) < 4.78 is 0. The summed E-state index contributed by atoms with van der Waals surface area (Å²) in [5, 5.41) is 2.74. The number of benzene rings is 7. The molecule has 7 aromatic rings. The van der Waals surface area contributed by atoms with Gasteiger partial charge in [0.1, 0.15) is 0 Å². The minimum atomic E-state index is -0.0121. The number of fused-ring (bicyclic) bond motifs is 5. The molecule has 0 N–H and O–H groups in total. The molecule has 0 aromatic heterocycles. The van der Waals surface area contributed by atoms with Crippen molar-refractivity contribution in [3.8, 4) is 11.1 Å². The first-order chi connectivity index (χ1) is 32.3. The summed E-state index contributed by atoms with van der Waals surface area (Å²) >= 11 is 0. The van der Waals surface area contributed by atoms with E-state index in [0.29, 0.717) is 0 Å². The van der Waals surface area contributed by atoms with Gasteiger partial charge in [-0.3, -0.25) is 0 Å². The SMILES string of the molecule is C=C/C(CCC)=C(/C=C\C)c1ccc(Cc2cc3c(c4ccccc24)-c2ccc(C)cc2C3(C)C)cc1C.Cc1cc(C)c(C2=CCCC=C2)cc1C.Cc1ccccc1.Cc1ccccc1. The summed E-state index contributed by atoms with van der Waals surface area (Å²) in [7, 11) is 0. The topological polar surface area (TPSA) is 0 Å². The molecule has 9 rings (SSSR count). The second-order valence-electron chi connectivity index (χ2n) is 19.1. The predicted molar refractivity (Wildman–Crippen MR) is 296 cm³/mol. The average molecular weight is 879 g/mol. The monoisotopic (exact) mass is 879 g/mol. The van der Waals surface area contributed by atoms with Gasteiger partial charge in [0.05, 0.1) is 0 Å². The summed E-state index contributed by atoms with van der Waals surface area (Å²) in [5.74, 6) is 0.